The fourth-order valence-corrected chi connectivity index (χ4v) is 2.90. The van der Waals surface area contributed by atoms with Gasteiger partial charge in [-0.2, -0.15) is 0 Å². The first-order chi connectivity index (χ1) is 12.1. The summed E-state index contributed by atoms with van der Waals surface area (Å²) in [4.78, 5) is 14.0. The third-order valence-corrected chi connectivity index (χ3v) is 4.25. The molecule has 0 radical (unpaired) electrons. The van der Waals surface area contributed by atoms with Gasteiger partial charge in [0.15, 0.2) is 11.5 Å². The molecule has 2 aromatic carbocycles. The number of nitrogens with zero attached hydrogens (tertiary/aromatic N) is 1. The largest absolute Gasteiger partial charge is 0.508 e. The number of rotatable bonds is 4. The van der Waals surface area contributed by atoms with Gasteiger partial charge in [0.1, 0.15) is 12.4 Å². The number of fused-ring (bicyclic) bond motifs is 1. The fraction of sp³-hybridized carbons (Fsp3) is 0.316. The molecule has 0 saturated heterocycles. The van der Waals surface area contributed by atoms with E-state index in [1.807, 2.05) is 24.3 Å². The number of nitrogens with one attached hydrogen (secondary N) is 1. The average molecular weight is 342 g/mol. The second kappa shape index (κ2) is 7.34. The van der Waals surface area contributed by atoms with Crippen molar-refractivity contribution < 1.29 is 19.4 Å². The topological polar surface area (TPSA) is 71.0 Å². The van der Waals surface area contributed by atoms with Crippen molar-refractivity contribution in [2.45, 2.75) is 19.0 Å². The van der Waals surface area contributed by atoms with Gasteiger partial charge >= 0.3 is 6.03 Å². The van der Waals surface area contributed by atoms with Crippen molar-refractivity contribution in [2.75, 3.05) is 20.8 Å². The molecular formula is C19H22N2O4. The zero-order valence-electron chi connectivity index (χ0n) is 14.4. The van der Waals surface area contributed by atoms with E-state index >= 15 is 0 Å². The van der Waals surface area contributed by atoms with Crippen LogP contribution in [0.4, 0.5) is 4.79 Å². The van der Waals surface area contributed by atoms with E-state index < -0.39 is 0 Å². The summed E-state index contributed by atoms with van der Waals surface area (Å²) in [5.41, 5.74) is 1.72. The van der Waals surface area contributed by atoms with Gasteiger partial charge in [-0.1, -0.05) is 30.3 Å². The Kier molecular flexibility index (Phi) is 4.97. The third-order valence-electron chi connectivity index (χ3n) is 4.25. The number of phenolic OH excluding ortho intramolecular Hbond substituents is 1. The summed E-state index contributed by atoms with van der Waals surface area (Å²) in [5, 5.41) is 12.8. The lowest BCUT2D eigenvalue weighted by molar-refractivity contribution is 0.185. The molecule has 0 aliphatic carbocycles. The Balaban J connectivity index is 1.61. The minimum atomic E-state index is -0.205. The number of phenols is 1. The molecule has 0 spiro atoms. The predicted molar refractivity (Wildman–Crippen MR) is 94.1 cm³/mol. The SMILES string of the molecule is COc1cccc2c1OC[C@H](NC(=O)N(C)Cc1ccccc1O)C2. The molecule has 25 heavy (non-hydrogen) atoms. The van der Waals surface area contributed by atoms with E-state index in [9.17, 15) is 9.90 Å². The normalized spacial score (nSPS) is 15.7. The first-order valence-electron chi connectivity index (χ1n) is 8.15. The maximum atomic E-state index is 12.4. The molecule has 132 valence electrons. The lowest BCUT2D eigenvalue weighted by Gasteiger charge is -2.29. The number of aromatic hydroxyl groups is 1. The Bertz CT molecular complexity index is 763. The van der Waals surface area contributed by atoms with Crippen LogP contribution in [0.5, 0.6) is 17.2 Å². The Labute approximate surface area is 147 Å². The molecule has 6 heteroatoms. The first kappa shape index (κ1) is 17.0. The molecular weight excluding hydrogens is 320 g/mol. The van der Waals surface area contributed by atoms with E-state index in [-0.39, 0.29) is 17.8 Å². The Morgan fingerprint density at radius 2 is 2.12 bits per heavy atom. The van der Waals surface area contributed by atoms with Crippen LogP contribution >= 0.6 is 0 Å². The van der Waals surface area contributed by atoms with Crippen LogP contribution in [0.2, 0.25) is 0 Å². The number of benzene rings is 2. The highest BCUT2D eigenvalue weighted by molar-refractivity contribution is 5.74. The van der Waals surface area contributed by atoms with Crippen molar-refractivity contribution in [2.24, 2.45) is 0 Å². The van der Waals surface area contributed by atoms with Gasteiger partial charge in [0.2, 0.25) is 0 Å². The second-order valence-corrected chi connectivity index (χ2v) is 6.09. The van der Waals surface area contributed by atoms with Gasteiger partial charge in [-0.3, -0.25) is 0 Å². The summed E-state index contributed by atoms with van der Waals surface area (Å²) >= 11 is 0. The standard InChI is InChI=1S/C19H22N2O4/c1-21(11-14-6-3-4-8-16(14)22)19(23)20-15-10-13-7-5-9-17(24-2)18(13)25-12-15/h3-9,15,22H,10-12H2,1-2H3,(H,20,23)/t15-/m1/s1. The van der Waals surface area contributed by atoms with Crippen LogP contribution < -0.4 is 14.8 Å². The number of carbonyl (C=O) groups excluding carboxylic acids is 1. The number of amides is 2. The van der Waals surface area contributed by atoms with Gasteiger partial charge < -0.3 is 24.8 Å². The van der Waals surface area contributed by atoms with Crippen molar-refractivity contribution in [3.05, 3.63) is 53.6 Å². The molecule has 3 rings (SSSR count). The molecule has 2 aromatic rings. The minimum Gasteiger partial charge on any atom is -0.508 e. The highest BCUT2D eigenvalue weighted by atomic mass is 16.5. The fourth-order valence-electron chi connectivity index (χ4n) is 2.90. The molecule has 0 bridgehead atoms. The average Bonchev–Trinajstić information content (AvgIpc) is 2.62. The van der Waals surface area contributed by atoms with E-state index in [0.29, 0.717) is 30.9 Å². The summed E-state index contributed by atoms with van der Waals surface area (Å²) < 4.78 is 11.1. The summed E-state index contributed by atoms with van der Waals surface area (Å²) in [5.74, 6) is 1.64. The van der Waals surface area contributed by atoms with Crippen molar-refractivity contribution in [3.8, 4) is 17.2 Å². The van der Waals surface area contributed by atoms with E-state index in [2.05, 4.69) is 5.32 Å². The lowest BCUT2D eigenvalue weighted by atomic mass is 10.0. The van der Waals surface area contributed by atoms with Crippen molar-refractivity contribution >= 4 is 6.03 Å². The molecule has 1 atom stereocenters. The third kappa shape index (κ3) is 3.79. The van der Waals surface area contributed by atoms with Gasteiger partial charge in [-0.25, -0.2) is 4.79 Å². The maximum Gasteiger partial charge on any atom is 0.317 e. The molecule has 1 aliphatic rings. The van der Waals surface area contributed by atoms with Crippen molar-refractivity contribution in [3.63, 3.8) is 0 Å². The van der Waals surface area contributed by atoms with Gasteiger partial charge in [0.25, 0.3) is 0 Å². The van der Waals surface area contributed by atoms with Gasteiger partial charge in [-0.15, -0.1) is 0 Å². The number of para-hydroxylation sites is 2. The first-order valence-corrected chi connectivity index (χ1v) is 8.15. The summed E-state index contributed by atoms with van der Waals surface area (Å²) in [7, 11) is 3.31. The van der Waals surface area contributed by atoms with Crippen molar-refractivity contribution in [1.29, 1.82) is 0 Å². The van der Waals surface area contributed by atoms with Gasteiger partial charge in [0.05, 0.1) is 19.7 Å². The molecule has 1 heterocycles. The van der Waals surface area contributed by atoms with Crippen LogP contribution in [0.15, 0.2) is 42.5 Å². The number of hydrogen-bond acceptors (Lipinski definition) is 4. The number of methoxy groups -OCH3 is 1. The highest BCUT2D eigenvalue weighted by Crippen LogP contribution is 2.34. The molecule has 2 amide bonds. The number of ether oxygens (including phenoxy) is 2. The van der Waals surface area contributed by atoms with Crippen LogP contribution in [0, 0.1) is 0 Å². The smallest absolute Gasteiger partial charge is 0.317 e. The summed E-state index contributed by atoms with van der Waals surface area (Å²) in [6, 6.07) is 12.4. The van der Waals surface area contributed by atoms with E-state index in [0.717, 1.165) is 11.3 Å². The molecule has 1 aliphatic heterocycles. The lowest BCUT2D eigenvalue weighted by Crippen LogP contribution is -2.47. The Morgan fingerprint density at radius 3 is 2.88 bits per heavy atom. The zero-order valence-corrected chi connectivity index (χ0v) is 14.4. The number of urea groups is 1. The van der Waals surface area contributed by atoms with Crippen LogP contribution in [-0.4, -0.2) is 42.8 Å². The Hall–Kier alpha value is -2.89. The minimum absolute atomic E-state index is 0.112. The number of hydrogen-bond donors (Lipinski definition) is 2. The predicted octanol–water partition coefficient (Wildman–Crippen LogP) is 2.55. The quantitative estimate of drug-likeness (QED) is 0.896. The monoisotopic (exact) mass is 342 g/mol. The number of carbonyl (C=O) groups is 1. The molecule has 0 aromatic heterocycles. The maximum absolute atomic E-state index is 12.4. The zero-order chi connectivity index (χ0) is 17.8. The van der Waals surface area contributed by atoms with E-state index in [1.54, 1.807) is 32.4 Å². The van der Waals surface area contributed by atoms with Gasteiger partial charge in [-0.05, 0) is 18.6 Å². The van der Waals surface area contributed by atoms with Crippen LogP contribution in [0.25, 0.3) is 0 Å². The van der Waals surface area contributed by atoms with Crippen LogP contribution in [-0.2, 0) is 13.0 Å². The van der Waals surface area contributed by atoms with Crippen LogP contribution in [0.3, 0.4) is 0 Å². The molecule has 0 saturated carbocycles. The van der Waals surface area contributed by atoms with E-state index in [1.165, 1.54) is 4.90 Å². The highest BCUT2D eigenvalue weighted by Gasteiger charge is 2.25. The van der Waals surface area contributed by atoms with Gasteiger partial charge in [0, 0.05) is 18.2 Å². The van der Waals surface area contributed by atoms with Crippen molar-refractivity contribution in [1.82, 2.24) is 10.2 Å². The van der Waals surface area contributed by atoms with E-state index in [4.69, 9.17) is 9.47 Å². The Morgan fingerprint density at radius 1 is 1.32 bits per heavy atom. The van der Waals surface area contributed by atoms with Crippen LogP contribution in [0.1, 0.15) is 11.1 Å². The molecule has 0 unspecified atom stereocenters. The molecule has 6 nitrogen and oxygen atoms in total. The molecule has 2 N–H and O–H groups in total. The summed E-state index contributed by atoms with van der Waals surface area (Å²) in [6.45, 7) is 0.722. The molecule has 0 fully saturated rings. The summed E-state index contributed by atoms with van der Waals surface area (Å²) in [6.07, 6.45) is 0.683. The second-order valence-electron chi connectivity index (χ2n) is 6.09.